The van der Waals surface area contributed by atoms with Crippen LogP contribution < -0.4 is 37.3 Å². The van der Waals surface area contributed by atoms with E-state index in [1.54, 1.807) is 36.4 Å². The van der Waals surface area contributed by atoms with Crippen LogP contribution in [-0.4, -0.2) is 57.9 Å². The minimum atomic E-state index is -4.23. The Morgan fingerprint density at radius 2 is 1.07 bits per heavy atom. The van der Waals surface area contributed by atoms with Gasteiger partial charge in [0.15, 0.2) is 11.2 Å². The second-order valence-corrected chi connectivity index (χ2v) is 22.8. The van der Waals surface area contributed by atoms with E-state index in [0.717, 1.165) is 33.0 Å². The lowest BCUT2D eigenvalue weighted by Crippen LogP contribution is -2.54. The molecule has 0 aliphatic heterocycles. The fourth-order valence-corrected chi connectivity index (χ4v) is 12.0. The van der Waals surface area contributed by atoms with Crippen LogP contribution in [0.15, 0.2) is 203 Å². The summed E-state index contributed by atoms with van der Waals surface area (Å²) in [6.07, 6.45) is 0.0380. The first-order chi connectivity index (χ1) is 40.3. The zero-order valence-corrected chi connectivity index (χ0v) is 47.7. The number of halogens is 4. The quantitative estimate of drug-likeness (QED) is 0.0457. The molecule has 0 aliphatic rings. The highest BCUT2D eigenvalue weighted by Gasteiger charge is 2.38. The van der Waals surface area contributed by atoms with Gasteiger partial charge in [-0.2, -0.15) is 13.7 Å². The van der Waals surface area contributed by atoms with E-state index < -0.39 is 29.6 Å². The largest absolute Gasteiger partial charge is 0.494 e. The van der Waals surface area contributed by atoms with Crippen LogP contribution >= 0.6 is 46.4 Å². The summed E-state index contributed by atoms with van der Waals surface area (Å²) in [7, 11) is -4.23. The van der Waals surface area contributed by atoms with E-state index in [1.165, 1.54) is 0 Å². The third kappa shape index (κ3) is 10.5. The van der Waals surface area contributed by atoms with E-state index in [1.807, 2.05) is 165 Å². The molecule has 12 rings (SSSR count). The fourth-order valence-electron chi connectivity index (χ4n) is 10.9. The SMILES string of the molecule is [C-]#[N+]/C(c1nc2cc(Cl)c(Cl)cc2o1)=c1\c2c(-c3ccccc3C)n(B(c3ccccc3)c3ccccc3)/c(=C(/C#N)c3nc4cc(Cl)c(Cl)cc4o3)c2c(-c2ccc(OCCCS(=O)(=O)O)cc2)n1B(c1ccccc1)c1ccccc1. The number of ether oxygens (including phenoxy) is 1. The van der Waals surface area contributed by atoms with Gasteiger partial charge in [0.1, 0.15) is 28.4 Å². The van der Waals surface area contributed by atoms with Gasteiger partial charge in [0.05, 0.1) is 49.7 Å². The van der Waals surface area contributed by atoms with Gasteiger partial charge in [-0.25, -0.2) is 14.8 Å². The maximum atomic E-state index is 12.2. The van der Waals surface area contributed by atoms with Crippen molar-refractivity contribution in [2.45, 2.75) is 13.3 Å². The molecule has 404 valence electrons. The van der Waals surface area contributed by atoms with E-state index >= 15 is 0 Å². The van der Waals surface area contributed by atoms with Crippen LogP contribution in [0.1, 0.15) is 23.8 Å². The molecule has 1 N–H and O–H groups in total. The van der Waals surface area contributed by atoms with E-state index in [9.17, 15) is 24.8 Å². The molecule has 12 nitrogen and oxygen atoms in total. The highest BCUT2D eigenvalue weighted by atomic mass is 35.5. The van der Waals surface area contributed by atoms with Crippen molar-refractivity contribution >= 4 is 136 Å². The number of hydrogen-bond acceptors (Lipinski definition) is 8. The molecule has 0 aliphatic carbocycles. The predicted octanol–water partition coefficient (Wildman–Crippen LogP) is 11.7. The molecule has 12 aromatic rings. The van der Waals surface area contributed by atoms with Crippen LogP contribution in [0.25, 0.3) is 71.6 Å². The number of oxazole rings is 2. The van der Waals surface area contributed by atoms with Crippen molar-refractivity contribution in [1.29, 1.82) is 5.26 Å². The number of rotatable bonds is 15. The minimum Gasteiger partial charge on any atom is -0.494 e. The van der Waals surface area contributed by atoms with Gasteiger partial charge in [0.2, 0.25) is 11.8 Å². The lowest BCUT2D eigenvalue weighted by Gasteiger charge is -2.24. The number of nitrogens with zero attached hydrogens (tertiary/aromatic N) is 6. The molecule has 0 amide bonds. The predicted molar refractivity (Wildman–Crippen MR) is 333 cm³/mol. The molecule has 0 spiro atoms. The fraction of sp³-hybridized carbons (Fsp3) is 0.0625. The third-order valence-electron chi connectivity index (χ3n) is 14.4. The molecule has 4 aromatic heterocycles. The summed E-state index contributed by atoms with van der Waals surface area (Å²) < 4.78 is 56.7. The van der Waals surface area contributed by atoms with Crippen molar-refractivity contribution in [2.75, 3.05) is 12.4 Å². The van der Waals surface area contributed by atoms with Crippen LogP contribution in [-0.2, 0) is 10.1 Å². The molecule has 0 unspecified atom stereocenters. The van der Waals surface area contributed by atoms with Gasteiger partial charge in [-0.1, -0.05) is 214 Å². The molecule has 0 fully saturated rings. The highest BCUT2D eigenvalue weighted by Crippen LogP contribution is 2.39. The smallest absolute Gasteiger partial charge is 0.328 e. The number of hydrogen-bond donors (Lipinski definition) is 1. The Kier molecular flexibility index (Phi) is 15.1. The number of nitriles is 1. The van der Waals surface area contributed by atoms with E-state index in [2.05, 4.69) is 19.9 Å². The molecule has 0 atom stereocenters. The number of aromatic nitrogens is 4. The van der Waals surface area contributed by atoms with E-state index in [0.29, 0.717) is 60.8 Å². The first-order valence-electron chi connectivity index (χ1n) is 26.1. The highest BCUT2D eigenvalue weighted by molar-refractivity contribution is 7.85. The minimum absolute atomic E-state index is 0.00714. The van der Waals surface area contributed by atoms with Crippen molar-refractivity contribution in [1.82, 2.24) is 18.9 Å². The molecular weight excluding hydrogens is 1140 g/mol. The molecule has 0 radical (unpaired) electrons. The number of aryl methyl sites for hydroxylation is 1. The summed E-state index contributed by atoms with van der Waals surface area (Å²) in [5.74, 6) is -0.123. The normalized spacial score (nSPS) is 12.3. The topological polar surface area (TPSA) is 154 Å². The molecule has 8 aromatic carbocycles. The Morgan fingerprint density at radius 1 is 0.627 bits per heavy atom. The van der Waals surface area contributed by atoms with Gasteiger partial charge in [0, 0.05) is 39.9 Å². The first kappa shape index (κ1) is 54.8. The van der Waals surface area contributed by atoms with Crippen LogP contribution in [0.3, 0.4) is 0 Å². The molecule has 19 heteroatoms. The summed E-state index contributed by atoms with van der Waals surface area (Å²) in [6, 6.07) is 64.1. The van der Waals surface area contributed by atoms with Crippen molar-refractivity contribution in [3.8, 4) is 34.3 Å². The van der Waals surface area contributed by atoms with Gasteiger partial charge in [-0.3, -0.25) is 4.55 Å². The Hall–Kier alpha value is -8.76. The van der Waals surface area contributed by atoms with Crippen molar-refractivity contribution in [3.63, 3.8) is 0 Å². The average molecular weight is 1190 g/mol. The Balaban J connectivity index is 1.40. The van der Waals surface area contributed by atoms with E-state index in [-0.39, 0.29) is 61.8 Å². The zero-order chi connectivity index (χ0) is 57.5. The second-order valence-electron chi connectivity index (χ2n) is 19.6. The van der Waals surface area contributed by atoms with Crippen molar-refractivity contribution in [2.24, 2.45) is 0 Å². The summed E-state index contributed by atoms with van der Waals surface area (Å²) >= 11 is 26.6. The lowest BCUT2D eigenvalue weighted by atomic mass is 9.50. The van der Waals surface area contributed by atoms with Crippen LogP contribution in [0.4, 0.5) is 0 Å². The van der Waals surface area contributed by atoms with Gasteiger partial charge in [-0.05, 0) is 60.9 Å². The summed E-state index contributed by atoms with van der Waals surface area (Å²) in [5, 5.41) is 15.0. The lowest BCUT2D eigenvalue weighted by molar-refractivity contribution is 0.316. The van der Waals surface area contributed by atoms with Crippen LogP contribution in [0.5, 0.6) is 5.75 Å². The van der Waals surface area contributed by atoms with Crippen molar-refractivity contribution in [3.05, 3.63) is 254 Å². The van der Waals surface area contributed by atoms with Crippen LogP contribution in [0, 0.1) is 24.8 Å². The summed E-state index contributed by atoms with van der Waals surface area (Å²) in [6.45, 7) is 10.1. The van der Waals surface area contributed by atoms with Crippen LogP contribution in [0.2, 0.25) is 20.1 Å². The third-order valence-corrected chi connectivity index (χ3v) is 16.7. The van der Waals surface area contributed by atoms with Gasteiger partial charge >= 0.3 is 13.7 Å². The Morgan fingerprint density at radius 3 is 1.55 bits per heavy atom. The zero-order valence-electron chi connectivity index (χ0n) is 43.8. The van der Waals surface area contributed by atoms with Gasteiger partial charge in [-0.15, -0.1) is 0 Å². The maximum absolute atomic E-state index is 12.2. The molecule has 83 heavy (non-hydrogen) atoms. The first-order valence-corrected chi connectivity index (χ1v) is 29.2. The van der Waals surface area contributed by atoms with Gasteiger partial charge < -0.3 is 22.5 Å². The summed E-state index contributed by atoms with van der Waals surface area (Å²) in [5.41, 5.74) is 8.18. The Bertz CT molecular complexity index is 4550. The molecule has 4 heterocycles. The number of fused-ring (bicyclic) bond motifs is 3. The average Bonchev–Trinajstić information content (AvgIpc) is 1.82. The number of benzene rings is 8. The monoisotopic (exact) mass is 1180 g/mol. The van der Waals surface area contributed by atoms with Crippen molar-refractivity contribution < 1.29 is 26.5 Å². The molecular formula is C64H42B2Cl4N6O6S. The Labute approximate surface area is 497 Å². The standard InChI is InChI=1S/C64H42B2Cl4N6O6S/c1-39-18-15-16-27-46(39)60-57-56(61(47(38-71)63-73-52-34-48(67)50(69)36-54(52)81-63)76(60)66(43-23-11-5-12-24-43)44-25-13-6-14-26-44)59(40-28-30-45(31-29-40)80-32-17-33-83(77,78)79)75(65(41-19-7-3-8-20-41)42-21-9-4-10-22-42)62(57)58(72-2)64-74-53-35-49(68)51(70)37-55(53)82-64/h3-16,18-31,34-37H,17,32-33H2,1H3,(H,77,78,79)/b61-47-,62-58+. The molecule has 0 saturated heterocycles. The molecule has 0 saturated carbocycles. The van der Waals surface area contributed by atoms with E-state index in [4.69, 9.17) is 69.9 Å². The van der Waals surface area contributed by atoms with Gasteiger partial charge in [0.25, 0.3) is 15.8 Å². The second kappa shape index (κ2) is 22.9. The summed E-state index contributed by atoms with van der Waals surface area (Å²) in [4.78, 5) is 14.5. The maximum Gasteiger partial charge on any atom is 0.328 e. The molecule has 0 bridgehead atoms.